The van der Waals surface area contributed by atoms with Gasteiger partial charge in [0.05, 0.1) is 11.3 Å². The first kappa shape index (κ1) is 13.2. The van der Waals surface area contributed by atoms with Crippen molar-refractivity contribution in [2.75, 3.05) is 24.5 Å². The number of nitrogens with one attached hydrogen (secondary N) is 1. The molecule has 0 bridgehead atoms. The van der Waals surface area contributed by atoms with E-state index in [1.54, 1.807) is 11.0 Å². The third-order valence-corrected chi connectivity index (χ3v) is 3.55. The predicted molar refractivity (Wildman–Crippen MR) is 74.0 cm³/mol. The molecule has 0 radical (unpaired) electrons. The molecular weight excluding hydrogens is 296 g/mol. The van der Waals surface area contributed by atoms with Crippen molar-refractivity contribution in [3.8, 4) is 0 Å². The molecule has 1 heterocycles. The molecule has 2 rings (SSSR count). The first-order valence-corrected chi connectivity index (χ1v) is 6.81. The number of hydrogen-bond donors (Lipinski definition) is 1. The summed E-state index contributed by atoms with van der Waals surface area (Å²) in [6.07, 6.45) is 1.05. The maximum absolute atomic E-state index is 11.9. The van der Waals surface area contributed by atoms with Crippen LogP contribution in [0.4, 0.5) is 5.69 Å². The summed E-state index contributed by atoms with van der Waals surface area (Å²) in [7, 11) is 0. The standard InChI is InChI=1S/C13H15BrN2O2/c1-2-6-15-7-8-16-10-5-3-4-9(14)11(10)12(17)13(16)18/h3-5,15H,2,6-8H2,1H3. The van der Waals surface area contributed by atoms with Crippen LogP contribution < -0.4 is 10.2 Å². The van der Waals surface area contributed by atoms with Crippen molar-refractivity contribution in [2.24, 2.45) is 0 Å². The van der Waals surface area contributed by atoms with Crippen molar-refractivity contribution in [1.82, 2.24) is 5.32 Å². The van der Waals surface area contributed by atoms with Crippen LogP contribution in [0.2, 0.25) is 0 Å². The van der Waals surface area contributed by atoms with E-state index in [1.807, 2.05) is 12.1 Å². The Bertz CT molecular complexity index is 488. The van der Waals surface area contributed by atoms with E-state index in [-0.39, 0.29) is 0 Å². The van der Waals surface area contributed by atoms with Crippen LogP contribution in [-0.4, -0.2) is 31.3 Å². The molecule has 96 valence electrons. The molecule has 0 saturated carbocycles. The van der Waals surface area contributed by atoms with E-state index >= 15 is 0 Å². The Morgan fingerprint density at radius 2 is 2.06 bits per heavy atom. The van der Waals surface area contributed by atoms with Crippen LogP contribution in [-0.2, 0) is 4.79 Å². The van der Waals surface area contributed by atoms with Crippen molar-refractivity contribution in [1.29, 1.82) is 0 Å². The molecule has 5 heteroatoms. The van der Waals surface area contributed by atoms with Crippen molar-refractivity contribution in [2.45, 2.75) is 13.3 Å². The second-order valence-electron chi connectivity index (χ2n) is 4.17. The van der Waals surface area contributed by atoms with Gasteiger partial charge in [-0.15, -0.1) is 0 Å². The number of benzene rings is 1. The summed E-state index contributed by atoms with van der Waals surface area (Å²) >= 11 is 3.32. The normalized spacial score (nSPS) is 14.2. The third-order valence-electron chi connectivity index (χ3n) is 2.89. The monoisotopic (exact) mass is 310 g/mol. The van der Waals surface area contributed by atoms with Crippen molar-refractivity contribution in [3.05, 3.63) is 28.2 Å². The lowest BCUT2D eigenvalue weighted by Crippen LogP contribution is -2.36. The molecule has 0 spiro atoms. The second kappa shape index (κ2) is 5.63. The number of hydrogen-bond acceptors (Lipinski definition) is 3. The minimum absolute atomic E-state index is 0.423. The van der Waals surface area contributed by atoms with Gasteiger partial charge in [0.1, 0.15) is 0 Å². The van der Waals surface area contributed by atoms with E-state index < -0.39 is 11.7 Å². The van der Waals surface area contributed by atoms with E-state index in [0.717, 1.165) is 13.0 Å². The highest BCUT2D eigenvalue weighted by molar-refractivity contribution is 9.10. The van der Waals surface area contributed by atoms with Gasteiger partial charge in [-0.25, -0.2) is 0 Å². The molecule has 1 aliphatic heterocycles. The van der Waals surface area contributed by atoms with Gasteiger partial charge in [-0.3, -0.25) is 9.59 Å². The second-order valence-corrected chi connectivity index (χ2v) is 5.02. The fraction of sp³-hybridized carbons (Fsp3) is 0.385. The third kappa shape index (κ3) is 2.33. The molecule has 1 aromatic carbocycles. The molecule has 1 aromatic rings. The zero-order chi connectivity index (χ0) is 13.1. The highest BCUT2D eigenvalue weighted by Crippen LogP contribution is 2.33. The quantitative estimate of drug-likeness (QED) is 0.668. The largest absolute Gasteiger partial charge is 0.315 e. The zero-order valence-corrected chi connectivity index (χ0v) is 11.8. The Morgan fingerprint density at radius 3 is 2.78 bits per heavy atom. The zero-order valence-electron chi connectivity index (χ0n) is 10.2. The Kier molecular flexibility index (Phi) is 4.14. The molecule has 0 unspecified atom stereocenters. The number of anilines is 1. The molecule has 4 nitrogen and oxygen atoms in total. The van der Waals surface area contributed by atoms with E-state index in [4.69, 9.17) is 0 Å². The average molecular weight is 311 g/mol. The highest BCUT2D eigenvalue weighted by atomic mass is 79.9. The van der Waals surface area contributed by atoms with Gasteiger partial charge in [0.25, 0.3) is 11.7 Å². The maximum Gasteiger partial charge on any atom is 0.299 e. The summed E-state index contributed by atoms with van der Waals surface area (Å²) in [5.41, 5.74) is 1.19. The van der Waals surface area contributed by atoms with Gasteiger partial charge in [-0.05, 0) is 41.0 Å². The summed E-state index contributed by atoms with van der Waals surface area (Å²) < 4.78 is 0.683. The van der Waals surface area contributed by atoms with Crippen molar-refractivity contribution >= 4 is 33.3 Å². The summed E-state index contributed by atoms with van der Waals surface area (Å²) in [6, 6.07) is 5.42. The molecule has 0 fully saturated rings. The number of halogens is 1. The molecule has 0 saturated heterocycles. The van der Waals surface area contributed by atoms with Crippen LogP contribution in [0.25, 0.3) is 0 Å². The molecule has 0 atom stereocenters. The summed E-state index contributed by atoms with van der Waals surface area (Å²) in [5, 5.41) is 3.23. The van der Waals surface area contributed by atoms with Crippen LogP contribution in [0.15, 0.2) is 22.7 Å². The Labute approximate surface area is 114 Å². The highest BCUT2D eigenvalue weighted by Gasteiger charge is 2.36. The first-order chi connectivity index (χ1) is 8.66. The van der Waals surface area contributed by atoms with E-state index in [1.165, 1.54) is 0 Å². The van der Waals surface area contributed by atoms with Crippen molar-refractivity contribution < 1.29 is 9.59 Å². The van der Waals surface area contributed by atoms with Crippen LogP contribution in [0, 0.1) is 0 Å². The SMILES string of the molecule is CCCNCCN1C(=O)C(=O)c2c(Br)cccc21. The molecule has 0 aliphatic carbocycles. The number of carbonyl (C=O) groups is 2. The number of rotatable bonds is 5. The van der Waals surface area contributed by atoms with Crippen LogP contribution in [0.1, 0.15) is 23.7 Å². The molecule has 18 heavy (non-hydrogen) atoms. The Hall–Kier alpha value is -1.20. The fourth-order valence-corrected chi connectivity index (χ4v) is 2.55. The lowest BCUT2D eigenvalue weighted by molar-refractivity contribution is -0.114. The summed E-state index contributed by atoms with van der Waals surface area (Å²) in [6.45, 7) is 4.22. The lowest BCUT2D eigenvalue weighted by Gasteiger charge is -2.16. The summed E-state index contributed by atoms with van der Waals surface area (Å²) in [5.74, 6) is -0.858. The molecule has 1 amide bonds. The minimum Gasteiger partial charge on any atom is -0.315 e. The number of fused-ring (bicyclic) bond motifs is 1. The van der Waals surface area contributed by atoms with Crippen LogP contribution in [0.3, 0.4) is 0 Å². The van der Waals surface area contributed by atoms with Gasteiger partial charge in [-0.1, -0.05) is 13.0 Å². The van der Waals surface area contributed by atoms with Gasteiger partial charge >= 0.3 is 0 Å². The minimum atomic E-state index is -0.435. The average Bonchev–Trinajstić information content (AvgIpc) is 2.60. The smallest absolute Gasteiger partial charge is 0.299 e. The van der Waals surface area contributed by atoms with Gasteiger partial charge in [0.2, 0.25) is 0 Å². The number of carbonyl (C=O) groups excluding carboxylic acids is 2. The molecule has 1 aliphatic rings. The number of amides is 1. The van der Waals surface area contributed by atoms with Crippen LogP contribution >= 0.6 is 15.9 Å². The lowest BCUT2D eigenvalue weighted by atomic mass is 10.1. The molecular formula is C13H15BrN2O2. The van der Waals surface area contributed by atoms with Crippen LogP contribution in [0.5, 0.6) is 0 Å². The van der Waals surface area contributed by atoms with Crippen molar-refractivity contribution in [3.63, 3.8) is 0 Å². The molecule has 1 N–H and O–H groups in total. The summed E-state index contributed by atoms with van der Waals surface area (Å²) in [4.78, 5) is 25.3. The van der Waals surface area contributed by atoms with E-state index in [9.17, 15) is 9.59 Å². The number of nitrogens with zero attached hydrogens (tertiary/aromatic N) is 1. The molecule has 0 aromatic heterocycles. The first-order valence-electron chi connectivity index (χ1n) is 6.02. The van der Waals surface area contributed by atoms with E-state index in [2.05, 4.69) is 28.2 Å². The number of Topliss-reactive ketones (excluding diaryl/α,β-unsaturated/α-hetero) is 1. The Balaban J connectivity index is 2.16. The van der Waals surface area contributed by atoms with Gasteiger partial charge < -0.3 is 10.2 Å². The fourth-order valence-electron chi connectivity index (χ4n) is 2.02. The Morgan fingerprint density at radius 1 is 1.28 bits per heavy atom. The van der Waals surface area contributed by atoms with E-state index in [0.29, 0.717) is 28.8 Å². The van der Waals surface area contributed by atoms with Gasteiger partial charge in [0.15, 0.2) is 0 Å². The maximum atomic E-state index is 11.9. The number of ketones is 1. The van der Waals surface area contributed by atoms with Gasteiger partial charge in [0, 0.05) is 17.6 Å². The predicted octanol–water partition coefficient (Wildman–Crippen LogP) is 1.98. The topological polar surface area (TPSA) is 49.4 Å². The van der Waals surface area contributed by atoms with Gasteiger partial charge in [-0.2, -0.15) is 0 Å².